The van der Waals surface area contributed by atoms with Crippen LogP contribution in [0, 0.1) is 11.3 Å². The molecule has 68 valence electrons. The third-order valence-electron chi connectivity index (χ3n) is 2.44. The fraction of sp³-hybridized carbons (Fsp3) is 0.556. The van der Waals surface area contributed by atoms with Crippen LogP contribution in [-0.4, -0.2) is 14.7 Å². The Morgan fingerprint density at radius 2 is 2.38 bits per heavy atom. The molecule has 1 aromatic rings. The van der Waals surface area contributed by atoms with E-state index in [2.05, 4.69) is 11.1 Å². The highest BCUT2D eigenvalue weighted by atomic mass is 16.3. The third-order valence-corrected chi connectivity index (χ3v) is 2.44. The van der Waals surface area contributed by atoms with Crippen LogP contribution >= 0.6 is 0 Å². The van der Waals surface area contributed by atoms with Crippen molar-refractivity contribution in [2.24, 2.45) is 0 Å². The molecule has 4 nitrogen and oxygen atoms in total. The second kappa shape index (κ2) is 3.19. The van der Waals surface area contributed by atoms with E-state index in [4.69, 9.17) is 10.4 Å². The summed E-state index contributed by atoms with van der Waals surface area (Å²) in [6, 6.07) is 2.07. The van der Waals surface area contributed by atoms with Gasteiger partial charge < -0.3 is 9.67 Å². The van der Waals surface area contributed by atoms with Crippen LogP contribution in [0.15, 0.2) is 0 Å². The number of rotatable bonds is 1. The summed E-state index contributed by atoms with van der Waals surface area (Å²) in [5.41, 5.74) is 1.49. The molecule has 0 saturated heterocycles. The molecule has 1 aliphatic rings. The van der Waals surface area contributed by atoms with E-state index in [-0.39, 0.29) is 6.61 Å². The van der Waals surface area contributed by atoms with Crippen LogP contribution in [0.3, 0.4) is 0 Å². The number of fused-ring (bicyclic) bond motifs is 1. The SMILES string of the molecule is N#Cc1nc(CO)n2c1CCCC2. The van der Waals surface area contributed by atoms with Gasteiger partial charge in [0.15, 0.2) is 5.69 Å². The number of hydrogen-bond donors (Lipinski definition) is 1. The van der Waals surface area contributed by atoms with Crippen molar-refractivity contribution in [2.75, 3.05) is 0 Å². The van der Waals surface area contributed by atoms with E-state index in [0.29, 0.717) is 11.5 Å². The number of aliphatic hydroxyl groups excluding tert-OH is 1. The number of imidazole rings is 1. The van der Waals surface area contributed by atoms with E-state index in [1.165, 1.54) is 0 Å². The maximum absolute atomic E-state index is 9.01. The molecule has 13 heavy (non-hydrogen) atoms. The molecule has 2 heterocycles. The first kappa shape index (κ1) is 8.27. The van der Waals surface area contributed by atoms with Gasteiger partial charge in [-0.3, -0.25) is 0 Å². The Kier molecular flexibility index (Phi) is 2.03. The topological polar surface area (TPSA) is 61.8 Å². The van der Waals surface area contributed by atoms with Crippen molar-refractivity contribution in [1.82, 2.24) is 9.55 Å². The summed E-state index contributed by atoms with van der Waals surface area (Å²) in [5.74, 6) is 0.631. The Bertz CT molecular complexity index is 362. The highest BCUT2D eigenvalue weighted by Gasteiger charge is 2.18. The van der Waals surface area contributed by atoms with Gasteiger partial charge in [-0.25, -0.2) is 4.98 Å². The molecule has 0 atom stereocenters. The van der Waals surface area contributed by atoms with Gasteiger partial charge in [-0.2, -0.15) is 5.26 Å². The van der Waals surface area contributed by atoms with Crippen LogP contribution in [0.2, 0.25) is 0 Å². The van der Waals surface area contributed by atoms with Gasteiger partial charge in [0.1, 0.15) is 18.5 Å². The Morgan fingerprint density at radius 3 is 3.08 bits per heavy atom. The van der Waals surface area contributed by atoms with E-state index in [1.807, 2.05) is 4.57 Å². The van der Waals surface area contributed by atoms with Crippen molar-refractivity contribution < 1.29 is 5.11 Å². The summed E-state index contributed by atoms with van der Waals surface area (Å²) in [4.78, 5) is 4.08. The average molecular weight is 177 g/mol. The van der Waals surface area contributed by atoms with E-state index in [0.717, 1.165) is 31.5 Å². The highest BCUT2D eigenvalue weighted by Crippen LogP contribution is 2.20. The first-order valence-electron chi connectivity index (χ1n) is 4.46. The van der Waals surface area contributed by atoms with Crippen molar-refractivity contribution >= 4 is 0 Å². The molecular formula is C9H11N3O. The van der Waals surface area contributed by atoms with Gasteiger partial charge in [0.25, 0.3) is 0 Å². The smallest absolute Gasteiger partial charge is 0.162 e. The summed E-state index contributed by atoms with van der Waals surface area (Å²) >= 11 is 0. The number of aromatic nitrogens is 2. The molecule has 2 rings (SSSR count). The summed E-state index contributed by atoms with van der Waals surface area (Å²) in [6.07, 6.45) is 3.14. The van der Waals surface area contributed by atoms with Crippen LogP contribution in [0.1, 0.15) is 30.1 Å². The highest BCUT2D eigenvalue weighted by molar-refractivity contribution is 5.30. The Balaban J connectivity index is 2.52. The van der Waals surface area contributed by atoms with Crippen LogP contribution in [0.25, 0.3) is 0 Å². The van der Waals surface area contributed by atoms with Gasteiger partial charge in [-0.05, 0) is 19.3 Å². The molecule has 0 fully saturated rings. The van der Waals surface area contributed by atoms with Crippen molar-refractivity contribution in [1.29, 1.82) is 5.26 Å². The van der Waals surface area contributed by atoms with Crippen LogP contribution < -0.4 is 0 Å². The molecule has 0 aromatic carbocycles. The lowest BCUT2D eigenvalue weighted by molar-refractivity contribution is 0.262. The molecule has 1 aromatic heterocycles. The molecule has 0 amide bonds. The molecule has 1 aliphatic heterocycles. The van der Waals surface area contributed by atoms with Gasteiger partial charge in [-0.15, -0.1) is 0 Å². The molecule has 0 radical (unpaired) electrons. The Morgan fingerprint density at radius 1 is 1.54 bits per heavy atom. The fourth-order valence-corrected chi connectivity index (χ4v) is 1.83. The molecule has 0 aliphatic carbocycles. The van der Waals surface area contributed by atoms with Crippen LogP contribution in [0.4, 0.5) is 0 Å². The quantitative estimate of drug-likeness (QED) is 0.682. The molecule has 0 unspecified atom stereocenters. The Labute approximate surface area is 76.4 Å². The summed E-state index contributed by atoms with van der Waals surface area (Å²) < 4.78 is 1.97. The zero-order valence-corrected chi connectivity index (χ0v) is 7.32. The molecule has 0 saturated carbocycles. The maximum atomic E-state index is 9.01. The molecule has 0 spiro atoms. The zero-order valence-electron chi connectivity index (χ0n) is 7.32. The van der Waals surface area contributed by atoms with Gasteiger partial charge >= 0.3 is 0 Å². The second-order valence-electron chi connectivity index (χ2n) is 3.20. The molecule has 1 N–H and O–H groups in total. The van der Waals surface area contributed by atoms with Gasteiger partial charge in [-0.1, -0.05) is 0 Å². The average Bonchev–Trinajstić information content (AvgIpc) is 2.56. The molecule has 4 heteroatoms. The fourth-order valence-electron chi connectivity index (χ4n) is 1.83. The van der Waals surface area contributed by atoms with Crippen molar-refractivity contribution in [3.8, 4) is 6.07 Å². The maximum Gasteiger partial charge on any atom is 0.162 e. The molecule has 0 bridgehead atoms. The monoisotopic (exact) mass is 177 g/mol. The first-order valence-corrected chi connectivity index (χ1v) is 4.46. The number of nitriles is 1. The van der Waals surface area contributed by atoms with Gasteiger partial charge in [0.2, 0.25) is 0 Å². The van der Waals surface area contributed by atoms with E-state index in [1.54, 1.807) is 0 Å². The zero-order chi connectivity index (χ0) is 9.26. The van der Waals surface area contributed by atoms with Gasteiger partial charge in [0, 0.05) is 6.54 Å². The Hall–Kier alpha value is -1.34. The lowest BCUT2D eigenvalue weighted by Gasteiger charge is -2.15. The predicted molar refractivity (Wildman–Crippen MR) is 45.8 cm³/mol. The minimum atomic E-state index is -0.0747. The summed E-state index contributed by atoms with van der Waals surface area (Å²) in [6.45, 7) is 0.814. The third kappa shape index (κ3) is 1.21. The summed E-state index contributed by atoms with van der Waals surface area (Å²) in [7, 11) is 0. The van der Waals surface area contributed by atoms with Crippen LogP contribution in [-0.2, 0) is 19.6 Å². The number of hydrogen-bond acceptors (Lipinski definition) is 3. The number of aliphatic hydroxyl groups is 1. The standard InChI is InChI=1S/C9H11N3O/c10-5-7-8-3-1-2-4-12(8)9(6-13)11-7/h13H,1-4,6H2. The lowest BCUT2D eigenvalue weighted by Crippen LogP contribution is -2.13. The minimum Gasteiger partial charge on any atom is -0.388 e. The first-order chi connectivity index (χ1) is 6.36. The minimum absolute atomic E-state index is 0.0747. The largest absolute Gasteiger partial charge is 0.388 e. The van der Waals surface area contributed by atoms with Crippen LogP contribution in [0.5, 0.6) is 0 Å². The number of nitrogens with zero attached hydrogens (tertiary/aromatic N) is 3. The van der Waals surface area contributed by atoms with Crippen molar-refractivity contribution in [3.63, 3.8) is 0 Å². The normalized spacial score (nSPS) is 15.1. The van der Waals surface area contributed by atoms with E-state index in [9.17, 15) is 0 Å². The molecular weight excluding hydrogens is 166 g/mol. The van der Waals surface area contributed by atoms with Crippen molar-refractivity contribution in [2.45, 2.75) is 32.4 Å². The van der Waals surface area contributed by atoms with Gasteiger partial charge in [0.05, 0.1) is 5.69 Å². The summed E-state index contributed by atoms with van der Waals surface area (Å²) in [5, 5.41) is 17.8. The van der Waals surface area contributed by atoms with Crippen molar-refractivity contribution in [3.05, 3.63) is 17.2 Å². The van der Waals surface area contributed by atoms with E-state index >= 15 is 0 Å². The predicted octanol–water partition coefficient (Wildman–Crippen LogP) is 0.583. The lowest BCUT2D eigenvalue weighted by atomic mass is 10.1. The van der Waals surface area contributed by atoms with E-state index < -0.39 is 0 Å². The second-order valence-corrected chi connectivity index (χ2v) is 3.20.